The van der Waals surface area contributed by atoms with E-state index in [1.807, 2.05) is 70.3 Å². The minimum absolute atomic E-state index is 0.202. The zero-order valence-corrected chi connectivity index (χ0v) is 22.3. The summed E-state index contributed by atoms with van der Waals surface area (Å²) in [7, 11) is 1.56. The summed E-state index contributed by atoms with van der Waals surface area (Å²) in [6, 6.07) is 20.2. The molecule has 1 amide bonds. The van der Waals surface area contributed by atoms with Crippen LogP contribution < -0.4 is 20.3 Å². The first-order valence-electron chi connectivity index (χ1n) is 11.5. The summed E-state index contributed by atoms with van der Waals surface area (Å²) in [6.07, 6.45) is 3.72. The number of nitrogens with one attached hydrogen (secondary N) is 2. The number of hydrogen-bond acceptors (Lipinski definition) is 4. The summed E-state index contributed by atoms with van der Waals surface area (Å²) in [5.74, 6) is 0.345. The van der Waals surface area contributed by atoms with Gasteiger partial charge in [0.15, 0.2) is 5.11 Å². The minimum Gasteiger partial charge on any atom is -0.495 e. The number of amides is 1. The smallest absolute Gasteiger partial charge is 0.221 e. The Kier molecular flexibility index (Phi) is 7.06. The molecule has 0 radical (unpaired) electrons. The SMILES string of the molecule is COc1ccc(N2C(=S)N[C@H](c3ccccn3)[C@H]2c2cccn2-c2ccc(Cl)cc2Cl)cc1NC(C)=O. The fourth-order valence-electron chi connectivity index (χ4n) is 4.60. The van der Waals surface area contributed by atoms with Gasteiger partial charge in [-0.2, -0.15) is 0 Å². The van der Waals surface area contributed by atoms with Crippen LogP contribution in [0.15, 0.2) is 79.1 Å². The molecule has 0 aliphatic carbocycles. The Balaban J connectivity index is 1.67. The third kappa shape index (κ3) is 4.87. The lowest BCUT2D eigenvalue weighted by Gasteiger charge is -2.29. The number of carbonyl (C=O) groups excluding carboxylic acids is 1. The van der Waals surface area contributed by atoms with Crippen LogP contribution in [-0.2, 0) is 4.79 Å². The molecule has 0 spiro atoms. The van der Waals surface area contributed by atoms with Gasteiger partial charge in [-0.25, -0.2) is 0 Å². The predicted octanol–water partition coefficient (Wildman–Crippen LogP) is 6.32. The molecule has 2 atom stereocenters. The van der Waals surface area contributed by atoms with Crippen molar-refractivity contribution in [3.63, 3.8) is 0 Å². The number of aromatic nitrogens is 2. The van der Waals surface area contributed by atoms with Crippen LogP contribution in [0, 0.1) is 0 Å². The van der Waals surface area contributed by atoms with E-state index >= 15 is 0 Å². The van der Waals surface area contributed by atoms with Crippen LogP contribution in [0.2, 0.25) is 10.0 Å². The second kappa shape index (κ2) is 10.4. The van der Waals surface area contributed by atoms with Crippen molar-refractivity contribution in [2.24, 2.45) is 0 Å². The van der Waals surface area contributed by atoms with Crippen molar-refractivity contribution < 1.29 is 9.53 Å². The Morgan fingerprint density at radius 1 is 1.11 bits per heavy atom. The highest BCUT2D eigenvalue weighted by Gasteiger charge is 2.42. The zero-order valence-electron chi connectivity index (χ0n) is 20.0. The van der Waals surface area contributed by atoms with Crippen LogP contribution in [0.25, 0.3) is 5.69 Å². The maximum atomic E-state index is 11.9. The van der Waals surface area contributed by atoms with E-state index in [0.717, 1.165) is 22.8 Å². The van der Waals surface area contributed by atoms with Gasteiger partial charge in [0.1, 0.15) is 11.8 Å². The standard InChI is InChI=1S/C27H23Cl2N5O2S/c1-16(35)31-21-15-18(9-11-24(21)36-2)34-26(25(32-27(34)37)20-6-3-4-12-30-20)23-7-5-13-33(23)22-10-8-17(28)14-19(22)29/h3-15,25-26H,1-2H3,(H,31,35)(H,32,37)/t25-,26-/m1/s1. The molecule has 5 rings (SSSR count). The summed E-state index contributed by atoms with van der Waals surface area (Å²) in [6.45, 7) is 1.46. The zero-order chi connectivity index (χ0) is 26.1. The van der Waals surface area contributed by atoms with E-state index in [4.69, 9.17) is 40.2 Å². The van der Waals surface area contributed by atoms with Gasteiger partial charge in [-0.05, 0) is 72.9 Å². The van der Waals surface area contributed by atoms with E-state index in [1.165, 1.54) is 6.92 Å². The molecule has 1 fully saturated rings. The van der Waals surface area contributed by atoms with Crippen molar-refractivity contribution in [2.45, 2.75) is 19.0 Å². The van der Waals surface area contributed by atoms with Crippen LogP contribution in [0.3, 0.4) is 0 Å². The van der Waals surface area contributed by atoms with Gasteiger partial charge in [0.25, 0.3) is 0 Å². The van der Waals surface area contributed by atoms with Crippen LogP contribution in [0.1, 0.15) is 30.4 Å². The Morgan fingerprint density at radius 2 is 1.95 bits per heavy atom. The summed E-state index contributed by atoms with van der Waals surface area (Å²) in [5, 5.41) is 7.91. The lowest BCUT2D eigenvalue weighted by atomic mass is 10.0. The summed E-state index contributed by atoms with van der Waals surface area (Å²) in [5.41, 5.74) is 3.89. The summed E-state index contributed by atoms with van der Waals surface area (Å²) >= 11 is 18.6. The van der Waals surface area contributed by atoms with Crippen LogP contribution in [-0.4, -0.2) is 27.7 Å². The number of hydrogen-bond donors (Lipinski definition) is 2. The van der Waals surface area contributed by atoms with Crippen molar-refractivity contribution in [3.8, 4) is 11.4 Å². The van der Waals surface area contributed by atoms with E-state index in [-0.39, 0.29) is 18.0 Å². The Morgan fingerprint density at radius 3 is 2.65 bits per heavy atom. The number of thiocarbonyl (C=S) groups is 1. The molecule has 4 aromatic rings. The Hall–Kier alpha value is -3.59. The highest BCUT2D eigenvalue weighted by atomic mass is 35.5. The number of anilines is 2. The summed E-state index contributed by atoms with van der Waals surface area (Å²) in [4.78, 5) is 18.5. The quantitative estimate of drug-likeness (QED) is 0.273. The van der Waals surface area contributed by atoms with Gasteiger partial charge in [-0.15, -0.1) is 0 Å². The molecule has 1 aliphatic rings. The number of methoxy groups -OCH3 is 1. The number of rotatable bonds is 6. The molecule has 0 bridgehead atoms. The van der Waals surface area contributed by atoms with Gasteiger partial charge in [0.05, 0.1) is 35.2 Å². The Bertz CT molecular complexity index is 1480. The van der Waals surface area contributed by atoms with E-state index in [9.17, 15) is 4.79 Å². The van der Waals surface area contributed by atoms with Crippen molar-refractivity contribution in [3.05, 3.63) is 101 Å². The molecule has 0 saturated carbocycles. The molecule has 2 N–H and O–H groups in total. The van der Waals surface area contributed by atoms with Gasteiger partial charge in [0, 0.05) is 35.7 Å². The molecule has 10 heteroatoms. The molecule has 0 unspecified atom stereocenters. The van der Waals surface area contributed by atoms with Gasteiger partial charge in [-0.1, -0.05) is 29.3 Å². The second-order valence-electron chi connectivity index (χ2n) is 8.46. The monoisotopic (exact) mass is 551 g/mol. The number of ether oxygens (including phenoxy) is 1. The lowest BCUT2D eigenvalue weighted by molar-refractivity contribution is -0.114. The fraction of sp³-hybridized carbons (Fsp3) is 0.148. The molecule has 2 aromatic carbocycles. The fourth-order valence-corrected chi connectivity index (χ4v) is 5.44. The molecule has 7 nitrogen and oxygen atoms in total. The van der Waals surface area contributed by atoms with Crippen LogP contribution in [0.5, 0.6) is 5.75 Å². The molecular formula is C27H23Cl2N5O2S. The lowest BCUT2D eigenvalue weighted by Crippen LogP contribution is -2.30. The van der Waals surface area contributed by atoms with Crippen LogP contribution >= 0.6 is 35.4 Å². The summed E-state index contributed by atoms with van der Waals surface area (Å²) < 4.78 is 7.49. The maximum Gasteiger partial charge on any atom is 0.221 e. The molecule has 188 valence electrons. The first-order chi connectivity index (χ1) is 17.9. The predicted molar refractivity (Wildman–Crippen MR) is 151 cm³/mol. The highest BCUT2D eigenvalue weighted by Crippen LogP contribution is 2.44. The minimum atomic E-state index is -0.303. The average Bonchev–Trinajstić information content (AvgIpc) is 3.48. The van der Waals surface area contributed by atoms with Gasteiger partial charge < -0.3 is 24.8 Å². The number of carbonyl (C=O) groups is 1. The molecule has 1 saturated heterocycles. The van der Waals surface area contributed by atoms with Gasteiger partial charge in [-0.3, -0.25) is 9.78 Å². The van der Waals surface area contributed by atoms with Crippen molar-refractivity contribution in [1.82, 2.24) is 14.9 Å². The van der Waals surface area contributed by atoms with Gasteiger partial charge >= 0.3 is 0 Å². The second-order valence-corrected chi connectivity index (χ2v) is 9.69. The Labute approximate surface area is 230 Å². The van der Waals surface area contributed by atoms with E-state index < -0.39 is 0 Å². The van der Waals surface area contributed by atoms with E-state index in [2.05, 4.69) is 15.6 Å². The number of halogens is 2. The normalized spacial score (nSPS) is 17.0. The largest absolute Gasteiger partial charge is 0.495 e. The molecule has 3 heterocycles. The number of pyridine rings is 1. The topological polar surface area (TPSA) is 71.4 Å². The van der Waals surface area contributed by atoms with Crippen LogP contribution in [0.4, 0.5) is 11.4 Å². The first kappa shape index (κ1) is 25.1. The third-order valence-electron chi connectivity index (χ3n) is 6.12. The molecule has 2 aromatic heterocycles. The highest BCUT2D eigenvalue weighted by molar-refractivity contribution is 7.80. The third-order valence-corrected chi connectivity index (χ3v) is 6.97. The first-order valence-corrected chi connectivity index (χ1v) is 12.6. The van der Waals surface area contributed by atoms with Crippen molar-refractivity contribution in [1.29, 1.82) is 0 Å². The van der Waals surface area contributed by atoms with Gasteiger partial charge in [0.2, 0.25) is 5.91 Å². The molecule has 37 heavy (non-hydrogen) atoms. The number of nitrogens with zero attached hydrogens (tertiary/aromatic N) is 3. The maximum absolute atomic E-state index is 11.9. The van der Waals surface area contributed by atoms with Crippen molar-refractivity contribution >= 4 is 57.8 Å². The van der Waals surface area contributed by atoms with Crippen molar-refractivity contribution in [2.75, 3.05) is 17.3 Å². The molecular weight excluding hydrogens is 529 g/mol. The molecule has 1 aliphatic heterocycles. The number of benzene rings is 2. The average molecular weight is 552 g/mol. The van der Waals surface area contributed by atoms with E-state index in [1.54, 1.807) is 25.4 Å². The van der Waals surface area contributed by atoms with E-state index in [0.29, 0.717) is 26.6 Å².